The third kappa shape index (κ3) is 3.60. The fraction of sp³-hybridized carbons (Fsp3) is 0.0870. The first-order valence-electron chi connectivity index (χ1n) is 9.13. The van der Waals surface area contributed by atoms with Crippen molar-refractivity contribution in [3.8, 4) is 0 Å². The Morgan fingerprint density at radius 3 is 1.97 bits per heavy atom. The van der Waals surface area contributed by atoms with Crippen LogP contribution in [0.5, 0.6) is 0 Å². The Morgan fingerprint density at radius 2 is 1.34 bits per heavy atom. The number of carbonyl (C=O) groups excluding carboxylic acids is 3. The number of urea groups is 1. The molecule has 0 bridgehead atoms. The van der Waals surface area contributed by atoms with Crippen molar-refractivity contribution in [2.24, 2.45) is 0 Å². The minimum atomic E-state index is -0.818. The van der Waals surface area contributed by atoms with Crippen molar-refractivity contribution in [3.63, 3.8) is 0 Å². The van der Waals surface area contributed by atoms with Gasteiger partial charge in [0.15, 0.2) is 6.73 Å². The lowest BCUT2D eigenvalue weighted by atomic mass is 10.1. The average molecular weight is 386 g/mol. The van der Waals surface area contributed by atoms with Crippen molar-refractivity contribution in [1.82, 2.24) is 4.90 Å². The molecule has 1 aliphatic heterocycles. The van der Waals surface area contributed by atoms with Crippen LogP contribution in [0, 0.1) is 0 Å². The number of esters is 1. The number of benzene rings is 3. The minimum Gasteiger partial charge on any atom is -0.440 e. The van der Waals surface area contributed by atoms with Crippen molar-refractivity contribution in [2.45, 2.75) is 6.04 Å². The van der Waals surface area contributed by atoms with Gasteiger partial charge in [-0.1, -0.05) is 66.7 Å². The molecule has 29 heavy (non-hydrogen) atoms. The summed E-state index contributed by atoms with van der Waals surface area (Å²) in [5.74, 6) is -1.04. The van der Waals surface area contributed by atoms with E-state index in [0.717, 1.165) is 4.90 Å². The number of imide groups is 1. The lowest BCUT2D eigenvalue weighted by Gasteiger charge is -2.22. The predicted octanol–water partition coefficient (Wildman–Crippen LogP) is 4.01. The number of para-hydroxylation sites is 1. The molecule has 144 valence electrons. The van der Waals surface area contributed by atoms with E-state index in [4.69, 9.17) is 4.74 Å². The van der Waals surface area contributed by atoms with E-state index >= 15 is 0 Å². The van der Waals surface area contributed by atoms with E-state index in [9.17, 15) is 14.4 Å². The number of anilines is 1. The van der Waals surface area contributed by atoms with Gasteiger partial charge >= 0.3 is 12.0 Å². The summed E-state index contributed by atoms with van der Waals surface area (Å²) in [6, 6.07) is 25.1. The van der Waals surface area contributed by atoms with Gasteiger partial charge in [0.1, 0.15) is 6.04 Å². The summed E-state index contributed by atoms with van der Waals surface area (Å²) in [5, 5.41) is 0. The van der Waals surface area contributed by atoms with Gasteiger partial charge in [0.25, 0.3) is 5.91 Å². The van der Waals surface area contributed by atoms with Crippen molar-refractivity contribution in [2.75, 3.05) is 11.6 Å². The molecule has 0 radical (unpaired) electrons. The van der Waals surface area contributed by atoms with Crippen molar-refractivity contribution >= 4 is 23.6 Å². The van der Waals surface area contributed by atoms with Gasteiger partial charge in [-0.25, -0.2) is 14.5 Å². The lowest BCUT2D eigenvalue weighted by Crippen LogP contribution is -2.35. The van der Waals surface area contributed by atoms with Gasteiger partial charge in [-0.2, -0.15) is 0 Å². The van der Waals surface area contributed by atoms with E-state index in [1.807, 2.05) is 24.3 Å². The first kappa shape index (κ1) is 18.4. The van der Waals surface area contributed by atoms with E-state index in [-0.39, 0.29) is 0 Å². The van der Waals surface area contributed by atoms with Crippen LogP contribution in [0.3, 0.4) is 0 Å². The van der Waals surface area contributed by atoms with Crippen LogP contribution < -0.4 is 4.90 Å². The zero-order valence-corrected chi connectivity index (χ0v) is 15.5. The van der Waals surface area contributed by atoms with Crippen LogP contribution in [0.25, 0.3) is 0 Å². The van der Waals surface area contributed by atoms with Crippen molar-refractivity contribution in [1.29, 1.82) is 0 Å². The van der Waals surface area contributed by atoms with Crippen LogP contribution in [0.15, 0.2) is 91.0 Å². The van der Waals surface area contributed by atoms with Gasteiger partial charge in [-0.3, -0.25) is 9.69 Å². The third-order valence-corrected chi connectivity index (χ3v) is 4.68. The monoisotopic (exact) mass is 386 g/mol. The molecule has 4 rings (SSSR count). The summed E-state index contributed by atoms with van der Waals surface area (Å²) in [4.78, 5) is 40.8. The molecule has 6 heteroatoms. The number of ether oxygens (including phenoxy) is 1. The molecule has 1 atom stereocenters. The first-order valence-corrected chi connectivity index (χ1v) is 9.13. The molecule has 0 spiro atoms. The highest BCUT2D eigenvalue weighted by Gasteiger charge is 2.47. The fourth-order valence-corrected chi connectivity index (χ4v) is 3.27. The quantitative estimate of drug-likeness (QED) is 0.491. The van der Waals surface area contributed by atoms with Crippen molar-refractivity contribution < 1.29 is 19.1 Å². The Balaban J connectivity index is 1.61. The molecule has 0 saturated carbocycles. The predicted molar refractivity (Wildman–Crippen MR) is 107 cm³/mol. The molecule has 1 aliphatic rings. The minimum absolute atomic E-state index is 0.353. The highest BCUT2D eigenvalue weighted by molar-refractivity contribution is 6.14. The normalized spacial score (nSPS) is 16.2. The Hall–Kier alpha value is -3.93. The summed E-state index contributed by atoms with van der Waals surface area (Å²) < 4.78 is 5.24. The van der Waals surface area contributed by atoms with Crippen LogP contribution >= 0.6 is 0 Å². The second-order valence-electron chi connectivity index (χ2n) is 6.49. The Labute approximate surface area is 167 Å². The number of hydrogen-bond donors (Lipinski definition) is 0. The maximum Gasteiger partial charge on any atom is 0.339 e. The van der Waals surface area contributed by atoms with E-state index in [2.05, 4.69) is 0 Å². The second-order valence-corrected chi connectivity index (χ2v) is 6.49. The number of nitrogens with zero attached hydrogens (tertiary/aromatic N) is 2. The van der Waals surface area contributed by atoms with Crippen LogP contribution in [0.4, 0.5) is 10.5 Å². The molecular formula is C23H18N2O4. The topological polar surface area (TPSA) is 66.9 Å². The van der Waals surface area contributed by atoms with Gasteiger partial charge in [-0.05, 0) is 29.8 Å². The van der Waals surface area contributed by atoms with Gasteiger partial charge in [0.2, 0.25) is 0 Å². The molecule has 0 N–H and O–H groups in total. The van der Waals surface area contributed by atoms with Crippen LogP contribution in [-0.2, 0) is 9.53 Å². The molecule has 3 aromatic carbocycles. The molecule has 3 amide bonds. The van der Waals surface area contributed by atoms with Crippen molar-refractivity contribution in [3.05, 3.63) is 102 Å². The number of amides is 3. The zero-order valence-electron chi connectivity index (χ0n) is 15.5. The van der Waals surface area contributed by atoms with E-state index in [1.54, 1.807) is 66.7 Å². The smallest absolute Gasteiger partial charge is 0.339 e. The van der Waals surface area contributed by atoms with E-state index in [1.165, 1.54) is 4.90 Å². The summed E-state index contributed by atoms with van der Waals surface area (Å²) in [5.41, 5.74) is 1.63. The highest BCUT2D eigenvalue weighted by Crippen LogP contribution is 2.35. The van der Waals surface area contributed by atoms with E-state index < -0.39 is 30.7 Å². The Bertz CT molecular complexity index is 965. The summed E-state index contributed by atoms with van der Waals surface area (Å²) in [6.07, 6.45) is 0. The largest absolute Gasteiger partial charge is 0.440 e. The maximum absolute atomic E-state index is 13.1. The molecule has 3 aromatic rings. The first-order chi connectivity index (χ1) is 14.2. The summed E-state index contributed by atoms with van der Waals surface area (Å²) >= 11 is 0. The molecule has 1 saturated heterocycles. The van der Waals surface area contributed by atoms with Crippen LogP contribution in [-0.4, -0.2) is 29.5 Å². The maximum atomic E-state index is 13.1. The SMILES string of the molecule is O=C(OCN1C(=O)C(c2ccccc2)N(c2ccccc2)C1=O)c1ccccc1. The van der Waals surface area contributed by atoms with Crippen LogP contribution in [0.2, 0.25) is 0 Å². The molecule has 1 heterocycles. The van der Waals surface area contributed by atoms with Gasteiger partial charge in [0, 0.05) is 5.69 Å². The Morgan fingerprint density at radius 1 is 0.793 bits per heavy atom. The van der Waals surface area contributed by atoms with Gasteiger partial charge < -0.3 is 4.74 Å². The zero-order chi connectivity index (χ0) is 20.2. The van der Waals surface area contributed by atoms with Gasteiger partial charge in [0.05, 0.1) is 5.56 Å². The molecule has 1 fully saturated rings. The second kappa shape index (κ2) is 7.98. The highest BCUT2D eigenvalue weighted by atomic mass is 16.5. The molecule has 1 unspecified atom stereocenters. The summed E-state index contributed by atoms with van der Waals surface area (Å²) in [7, 11) is 0. The molecule has 0 aromatic heterocycles. The third-order valence-electron chi connectivity index (χ3n) is 4.68. The number of rotatable bonds is 5. The Kier molecular flexibility index (Phi) is 5.07. The number of carbonyl (C=O) groups is 3. The fourth-order valence-electron chi connectivity index (χ4n) is 3.27. The molecule has 0 aliphatic carbocycles. The lowest BCUT2D eigenvalue weighted by molar-refractivity contribution is -0.129. The number of hydrogen-bond acceptors (Lipinski definition) is 4. The van der Waals surface area contributed by atoms with E-state index in [0.29, 0.717) is 16.8 Å². The summed E-state index contributed by atoms with van der Waals surface area (Å²) in [6.45, 7) is -0.446. The standard InChI is InChI=1S/C23H18N2O4/c26-21-20(17-10-4-1-5-11-17)25(19-14-8-3-9-15-19)23(28)24(21)16-29-22(27)18-12-6-2-7-13-18/h1-15,20H,16H2. The molecular weight excluding hydrogens is 368 g/mol. The average Bonchev–Trinajstić information content (AvgIpc) is 3.03. The molecule has 6 nitrogen and oxygen atoms in total. The van der Waals surface area contributed by atoms with Crippen LogP contribution in [0.1, 0.15) is 22.0 Å². The van der Waals surface area contributed by atoms with Gasteiger partial charge in [-0.15, -0.1) is 0 Å².